The number of nitrogens with one attached hydrogen (secondary N) is 2. The summed E-state index contributed by atoms with van der Waals surface area (Å²) in [5, 5.41) is 5.35. The molecule has 7 nitrogen and oxygen atoms in total. The van der Waals surface area contributed by atoms with Crippen LogP contribution in [0.4, 0.5) is 0 Å². The average molecular weight is 348 g/mol. The Morgan fingerprint density at radius 2 is 1.88 bits per heavy atom. The van der Waals surface area contributed by atoms with Gasteiger partial charge in [0.25, 0.3) is 0 Å². The number of ether oxygens (including phenoxy) is 1. The first-order chi connectivity index (χ1) is 11.9. The molecule has 2 N–H and O–H groups in total. The van der Waals surface area contributed by atoms with Crippen molar-refractivity contribution in [1.29, 1.82) is 0 Å². The molecule has 0 saturated heterocycles. The summed E-state index contributed by atoms with van der Waals surface area (Å²) < 4.78 is 5.54. The SMILES string of the molecule is CN(C)CCNC(=O)C(=O)NCC(c1ccc2c(c1)CCO2)N(C)C. The molecule has 0 radical (unpaired) electrons. The van der Waals surface area contributed by atoms with Crippen LogP contribution in [0.1, 0.15) is 17.2 Å². The van der Waals surface area contributed by atoms with E-state index in [1.165, 1.54) is 5.56 Å². The molecule has 0 saturated carbocycles. The fourth-order valence-corrected chi connectivity index (χ4v) is 2.76. The number of benzene rings is 1. The summed E-state index contributed by atoms with van der Waals surface area (Å²) in [4.78, 5) is 27.8. The highest BCUT2D eigenvalue weighted by Gasteiger charge is 2.21. The molecule has 1 unspecified atom stereocenters. The van der Waals surface area contributed by atoms with E-state index in [1.54, 1.807) is 0 Å². The van der Waals surface area contributed by atoms with Crippen molar-refractivity contribution in [3.63, 3.8) is 0 Å². The predicted molar refractivity (Wildman–Crippen MR) is 96.6 cm³/mol. The van der Waals surface area contributed by atoms with Gasteiger partial charge in [-0.05, 0) is 45.4 Å². The first kappa shape index (κ1) is 19.2. The third-order valence-electron chi connectivity index (χ3n) is 4.23. The lowest BCUT2D eigenvalue weighted by molar-refractivity contribution is -0.139. The van der Waals surface area contributed by atoms with Crippen LogP contribution in [0.15, 0.2) is 18.2 Å². The van der Waals surface area contributed by atoms with Crippen molar-refractivity contribution >= 4 is 11.8 Å². The van der Waals surface area contributed by atoms with Gasteiger partial charge < -0.3 is 25.2 Å². The number of carbonyl (C=O) groups is 2. The molecule has 2 amide bonds. The van der Waals surface area contributed by atoms with Crippen LogP contribution in [0.5, 0.6) is 5.75 Å². The molecule has 0 aromatic heterocycles. The molecular formula is C18H28N4O3. The van der Waals surface area contributed by atoms with Gasteiger partial charge in [-0.2, -0.15) is 0 Å². The number of rotatable bonds is 7. The van der Waals surface area contributed by atoms with Crippen LogP contribution in [0, 0.1) is 0 Å². The van der Waals surface area contributed by atoms with Crippen LogP contribution >= 0.6 is 0 Å². The van der Waals surface area contributed by atoms with E-state index in [0.717, 1.165) is 24.3 Å². The Morgan fingerprint density at radius 3 is 2.56 bits per heavy atom. The largest absolute Gasteiger partial charge is 0.493 e. The highest BCUT2D eigenvalue weighted by Crippen LogP contribution is 2.29. The number of carbonyl (C=O) groups excluding carboxylic acids is 2. The summed E-state index contributed by atoms with van der Waals surface area (Å²) in [5.41, 5.74) is 2.29. The molecule has 1 atom stereocenters. The lowest BCUT2D eigenvalue weighted by atomic mass is 10.0. The molecule has 1 aliphatic rings. The van der Waals surface area contributed by atoms with E-state index in [-0.39, 0.29) is 6.04 Å². The van der Waals surface area contributed by atoms with Gasteiger partial charge in [-0.3, -0.25) is 9.59 Å². The van der Waals surface area contributed by atoms with Crippen molar-refractivity contribution in [3.05, 3.63) is 29.3 Å². The molecule has 25 heavy (non-hydrogen) atoms. The number of likely N-dealkylation sites (N-methyl/N-ethyl adjacent to an activating group) is 2. The van der Waals surface area contributed by atoms with E-state index in [9.17, 15) is 9.59 Å². The Balaban J connectivity index is 1.91. The van der Waals surface area contributed by atoms with E-state index in [0.29, 0.717) is 19.6 Å². The van der Waals surface area contributed by atoms with Crippen LogP contribution in [0.25, 0.3) is 0 Å². The maximum atomic E-state index is 12.0. The number of nitrogens with zero attached hydrogens (tertiary/aromatic N) is 2. The second-order valence-corrected chi connectivity index (χ2v) is 6.71. The smallest absolute Gasteiger partial charge is 0.309 e. The minimum Gasteiger partial charge on any atom is -0.493 e. The molecule has 1 aromatic carbocycles. The fourth-order valence-electron chi connectivity index (χ4n) is 2.76. The Labute approximate surface area is 149 Å². The van der Waals surface area contributed by atoms with Crippen LogP contribution < -0.4 is 15.4 Å². The van der Waals surface area contributed by atoms with Gasteiger partial charge >= 0.3 is 11.8 Å². The quantitative estimate of drug-likeness (QED) is 0.680. The molecule has 138 valence electrons. The zero-order chi connectivity index (χ0) is 18.4. The molecule has 7 heteroatoms. The first-order valence-electron chi connectivity index (χ1n) is 8.51. The minimum atomic E-state index is -0.602. The second kappa shape index (κ2) is 8.82. The maximum Gasteiger partial charge on any atom is 0.309 e. The van der Waals surface area contributed by atoms with E-state index in [2.05, 4.69) is 16.7 Å². The first-order valence-corrected chi connectivity index (χ1v) is 8.51. The van der Waals surface area contributed by atoms with Gasteiger partial charge in [0.2, 0.25) is 0 Å². The molecule has 1 heterocycles. The monoisotopic (exact) mass is 348 g/mol. The summed E-state index contributed by atoms with van der Waals surface area (Å²) in [7, 11) is 7.74. The molecule has 2 rings (SSSR count). The molecular weight excluding hydrogens is 320 g/mol. The van der Waals surface area contributed by atoms with Crippen molar-refractivity contribution in [2.24, 2.45) is 0 Å². The predicted octanol–water partition coefficient (Wildman–Crippen LogP) is 0.0182. The Morgan fingerprint density at radius 1 is 1.16 bits per heavy atom. The van der Waals surface area contributed by atoms with Gasteiger partial charge in [0.05, 0.1) is 12.6 Å². The summed E-state index contributed by atoms with van der Waals surface area (Å²) in [6, 6.07) is 6.10. The van der Waals surface area contributed by atoms with Gasteiger partial charge in [0, 0.05) is 26.1 Å². The Kier molecular flexibility index (Phi) is 6.78. The van der Waals surface area contributed by atoms with Crippen LogP contribution in [0.3, 0.4) is 0 Å². The van der Waals surface area contributed by atoms with Crippen molar-refractivity contribution in [3.8, 4) is 5.75 Å². The summed E-state index contributed by atoms with van der Waals surface area (Å²) >= 11 is 0. The molecule has 0 spiro atoms. The van der Waals surface area contributed by atoms with E-state index in [4.69, 9.17) is 4.74 Å². The standard InChI is InChI=1S/C18H28N4O3/c1-21(2)9-8-19-17(23)18(24)20-12-15(22(3)4)13-5-6-16-14(11-13)7-10-25-16/h5-6,11,15H,7-10,12H2,1-4H3,(H,19,23)(H,20,24). The van der Waals surface area contributed by atoms with Gasteiger partial charge in [-0.15, -0.1) is 0 Å². The highest BCUT2D eigenvalue weighted by atomic mass is 16.5. The highest BCUT2D eigenvalue weighted by molar-refractivity contribution is 6.35. The lowest BCUT2D eigenvalue weighted by Gasteiger charge is -2.25. The van der Waals surface area contributed by atoms with E-state index < -0.39 is 11.8 Å². The topological polar surface area (TPSA) is 73.9 Å². The van der Waals surface area contributed by atoms with Gasteiger partial charge in [0.1, 0.15) is 5.75 Å². The second-order valence-electron chi connectivity index (χ2n) is 6.71. The van der Waals surface area contributed by atoms with Gasteiger partial charge in [0.15, 0.2) is 0 Å². The number of amides is 2. The zero-order valence-corrected chi connectivity index (χ0v) is 15.5. The number of hydrogen-bond donors (Lipinski definition) is 2. The average Bonchev–Trinajstić information content (AvgIpc) is 3.01. The van der Waals surface area contributed by atoms with Crippen molar-refractivity contribution in [2.75, 3.05) is 54.4 Å². The van der Waals surface area contributed by atoms with Crippen LogP contribution in [-0.4, -0.2) is 76.0 Å². The molecule has 1 aliphatic heterocycles. The summed E-state index contributed by atoms with van der Waals surface area (Å²) in [6.45, 7) is 2.22. The Bertz CT molecular complexity index is 616. The van der Waals surface area contributed by atoms with Crippen LogP contribution in [0.2, 0.25) is 0 Å². The number of hydrogen-bond acceptors (Lipinski definition) is 5. The van der Waals surface area contributed by atoms with Crippen molar-refractivity contribution < 1.29 is 14.3 Å². The van der Waals surface area contributed by atoms with Gasteiger partial charge in [-0.25, -0.2) is 0 Å². The van der Waals surface area contributed by atoms with Crippen LogP contribution in [-0.2, 0) is 16.0 Å². The molecule has 0 aliphatic carbocycles. The summed E-state index contributed by atoms with van der Waals surface area (Å²) in [6.07, 6.45) is 0.907. The summed E-state index contributed by atoms with van der Waals surface area (Å²) in [5.74, 6) is -0.262. The molecule has 0 bridgehead atoms. The van der Waals surface area contributed by atoms with Crippen molar-refractivity contribution in [1.82, 2.24) is 20.4 Å². The third kappa shape index (κ3) is 5.44. The normalized spacial score (nSPS) is 14.2. The third-order valence-corrected chi connectivity index (χ3v) is 4.23. The maximum absolute atomic E-state index is 12.0. The fraction of sp³-hybridized carbons (Fsp3) is 0.556. The van der Waals surface area contributed by atoms with E-state index in [1.807, 2.05) is 50.1 Å². The number of fused-ring (bicyclic) bond motifs is 1. The molecule has 1 aromatic rings. The lowest BCUT2D eigenvalue weighted by Crippen LogP contribution is -2.44. The minimum absolute atomic E-state index is 0.00979. The molecule has 0 fully saturated rings. The van der Waals surface area contributed by atoms with Crippen molar-refractivity contribution in [2.45, 2.75) is 12.5 Å². The zero-order valence-electron chi connectivity index (χ0n) is 15.5. The Hall–Kier alpha value is -2.12. The van der Waals surface area contributed by atoms with Gasteiger partial charge in [-0.1, -0.05) is 12.1 Å². The van der Waals surface area contributed by atoms with E-state index >= 15 is 0 Å².